The Bertz CT molecular complexity index is 434. The minimum absolute atomic E-state index is 0.0637. The van der Waals surface area contributed by atoms with Crippen LogP contribution in [-0.2, 0) is 4.74 Å². The quantitative estimate of drug-likeness (QED) is 0.751. The molecular formula is C8H10BrNO2. The monoisotopic (exact) mass is 238 g/mol. The van der Waals surface area contributed by atoms with Crippen LogP contribution in [0.5, 0.6) is 5.75 Å². The molecule has 0 N–H and O–H groups in total. The zero-order valence-corrected chi connectivity index (χ0v) is 7.46. The van der Waals surface area contributed by atoms with Crippen molar-refractivity contribution in [1.29, 1.82) is 0 Å². The number of rotatable bonds is 4. The molecule has 66 valence electrons. The highest BCUT2D eigenvalue weighted by Gasteiger charge is 1.92. The van der Waals surface area contributed by atoms with Crippen LogP contribution in [0.3, 0.4) is 0 Å². The molecular weight excluding hydrogens is 222 g/mol. The average Bonchev–Trinajstić information content (AvgIpc) is 2.17. The molecule has 0 saturated carbocycles. The van der Waals surface area contributed by atoms with Crippen LogP contribution in [0.25, 0.3) is 0 Å². The molecule has 3 nitrogen and oxygen atoms in total. The summed E-state index contributed by atoms with van der Waals surface area (Å²) in [5.41, 5.74) is 0. The lowest BCUT2D eigenvalue weighted by Crippen LogP contribution is -2.04. The molecule has 12 heavy (non-hydrogen) atoms. The van der Waals surface area contributed by atoms with E-state index in [1.807, 2.05) is 0 Å². The number of ether oxygens (including phenoxy) is 2. The van der Waals surface area contributed by atoms with E-state index in [9.17, 15) is 0 Å². The van der Waals surface area contributed by atoms with Crippen LogP contribution >= 0.6 is 15.9 Å². The number of hydrogen-bond donors (Lipinski definition) is 0. The summed E-state index contributed by atoms with van der Waals surface area (Å²) in [6.45, 7) is -6.16. The van der Waals surface area contributed by atoms with Gasteiger partial charge in [-0.1, -0.05) is 0 Å². The van der Waals surface area contributed by atoms with E-state index in [1.54, 1.807) is 0 Å². The second-order valence-electron chi connectivity index (χ2n) is 1.72. The first-order chi connectivity index (χ1) is 8.43. The fourth-order valence-corrected chi connectivity index (χ4v) is 0.758. The van der Waals surface area contributed by atoms with E-state index in [2.05, 4.69) is 25.7 Å². The van der Waals surface area contributed by atoms with Crippen molar-refractivity contribution < 1.29 is 19.1 Å². The fraction of sp³-hybridized carbons (Fsp3) is 0.375. The van der Waals surface area contributed by atoms with Gasteiger partial charge in [0, 0.05) is 7.04 Å². The summed E-state index contributed by atoms with van der Waals surface area (Å²) < 4.78 is 59.3. The van der Waals surface area contributed by atoms with Crippen molar-refractivity contribution >= 4 is 15.9 Å². The van der Waals surface area contributed by atoms with Gasteiger partial charge in [0.2, 0.25) is 0 Å². The molecule has 0 unspecified atom stereocenters. The molecule has 0 amide bonds. The van der Waals surface area contributed by atoms with Gasteiger partial charge in [-0.15, -0.1) is 0 Å². The number of hydrogen-bond acceptors (Lipinski definition) is 3. The third-order valence-electron chi connectivity index (χ3n) is 0.962. The van der Waals surface area contributed by atoms with Crippen LogP contribution < -0.4 is 4.74 Å². The molecule has 0 radical (unpaired) electrons. The Labute approximate surface area is 89.7 Å². The Morgan fingerprint density at radius 3 is 3.25 bits per heavy atom. The third kappa shape index (κ3) is 3.19. The van der Waals surface area contributed by atoms with Crippen molar-refractivity contribution in [2.45, 2.75) is 0 Å². The number of aromatic nitrogens is 1. The van der Waals surface area contributed by atoms with Gasteiger partial charge in [0.25, 0.3) is 0 Å². The molecule has 0 saturated heterocycles. The van der Waals surface area contributed by atoms with Crippen molar-refractivity contribution in [2.75, 3.05) is 20.2 Å². The fourth-order valence-electron chi connectivity index (χ4n) is 0.523. The Kier molecular flexibility index (Phi) is 1.55. The van der Waals surface area contributed by atoms with Gasteiger partial charge in [-0.25, -0.2) is 4.98 Å². The van der Waals surface area contributed by atoms with Gasteiger partial charge in [0.05, 0.1) is 22.4 Å². The van der Waals surface area contributed by atoms with Crippen LogP contribution in [0.4, 0.5) is 0 Å². The molecule has 1 heterocycles. The highest BCUT2D eigenvalue weighted by Crippen LogP contribution is 2.12. The predicted octanol–water partition coefficient (Wildman–Crippen LogP) is 1.87. The topological polar surface area (TPSA) is 31.4 Å². The minimum Gasteiger partial charge on any atom is -0.490 e. The molecule has 0 bridgehead atoms. The van der Waals surface area contributed by atoms with Crippen LogP contribution in [0.15, 0.2) is 22.9 Å². The Morgan fingerprint density at radius 1 is 1.67 bits per heavy atom. The molecule has 0 spiro atoms. The van der Waals surface area contributed by atoms with Crippen molar-refractivity contribution in [3.05, 3.63) is 22.9 Å². The number of methoxy groups -OCH3 is 1. The van der Waals surface area contributed by atoms with Crippen LogP contribution in [0.1, 0.15) is 9.60 Å². The highest BCUT2D eigenvalue weighted by molar-refractivity contribution is 9.10. The molecule has 0 aliphatic rings. The Morgan fingerprint density at radius 2 is 2.58 bits per heavy atom. The summed E-state index contributed by atoms with van der Waals surface area (Å²) >= 11 is 3.07. The zero-order valence-electron chi connectivity index (χ0n) is 12.9. The van der Waals surface area contributed by atoms with E-state index >= 15 is 0 Å². The predicted molar refractivity (Wildman–Crippen MR) is 49.3 cm³/mol. The van der Waals surface area contributed by atoms with E-state index < -0.39 is 20.2 Å². The lowest BCUT2D eigenvalue weighted by molar-refractivity contribution is 0.146. The summed E-state index contributed by atoms with van der Waals surface area (Å²) in [5, 5.41) is 0. The number of halogens is 1. The first-order valence-corrected chi connectivity index (χ1v) is 3.73. The smallest absolute Gasteiger partial charge is 0.137 e. The van der Waals surface area contributed by atoms with Gasteiger partial charge in [-0.2, -0.15) is 0 Å². The van der Waals surface area contributed by atoms with Crippen molar-refractivity contribution in [3.63, 3.8) is 0 Å². The molecule has 0 atom stereocenters. The van der Waals surface area contributed by atoms with Crippen LogP contribution in [-0.4, -0.2) is 25.1 Å². The summed E-state index contributed by atoms with van der Waals surface area (Å²) in [7, 11) is -3.09. The molecule has 0 aliphatic heterocycles. The summed E-state index contributed by atoms with van der Waals surface area (Å²) in [5.74, 6) is -0.0637. The highest BCUT2D eigenvalue weighted by atomic mass is 79.9. The van der Waals surface area contributed by atoms with E-state index in [0.29, 0.717) is 4.60 Å². The van der Waals surface area contributed by atoms with Gasteiger partial charge >= 0.3 is 0 Å². The SMILES string of the molecule is [2H]C([2H])([2H])OC([2H])([2H])C([2H])([2H])Oc1ccc(Br)nc1. The van der Waals surface area contributed by atoms with Gasteiger partial charge in [-0.3, -0.25) is 0 Å². The minimum atomic E-state index is -3.16. The Hall–Kier alpha value is -0.610. The molecule has 4 heteroatoms. The zero-order chi connectivity index (χ0) is 14.9. The second kappa shape index (κ2) is 5.11. The van der Waals surface area contributed by atoms with Crippen molar-refractivity contribution in [2.24, 2.45) is 0 Å². The molecule has 1 aromatic heterocycles. The van der Waals surface area contributed by atoms with Crippen LogP contribution in [0.2, 0.25) is 0 Å². The van der Waals surface area contributed by atoms with Crippen molar-refractivity contribution in [1.82, 2.24) is 4.98 Å². The maximum atomic E-state index is 7.45. The molecule has 1 rings (SSSR count). The molecule has 1 aromatic rings. The largest absolute Gasteiger partial charge is 0.490 e. The maximum Gasteiger partial charge on any atom is 0.137 e. The van der Waals surface area contributed by atoms with Gasteiger partial charge in [0.1, 0.15) is 16.9 Å². The van der Waals surface area contributed by atoms with Crippen LogP contribution in [0, 0.1) is 0 Å². The van der Waals surface area contributed by atoms with E-state index in [-0.39, 0.29) is 5.75 Å². The van der Waals surface area contributed by atoms with E-state index in [0.717, 1.165) is 6.20 Å². The number of pyridine rings is 1. The Balaban J connectivity index is 2.87. The summed E-state index contributed by atoms with van der Waals surface area (Å²) in [6, 6.07) is 2.81. The molecule has 0 aliphatic carbocycles. The van der Waals surface area contributed by atoms with Crippen molar-refractivity contribution in [3.8, 4) is 5.75 Å². The molecule has 0 fully saturated rings. The lowest BCUT2D eigenvalue weighted by Gasteiger charge is -2.03. The number of nitrogens with zero attached hydrogens (tertiary/aromatic N) is 1. The van der Waals surface area contributed by atoms with Gasteiger partial charge < -0.3 is 9.47 Å². The average molecular weight is 239 g/mol. The maximum absolute atomic E-state index is 7.45. The first-order valence-electron chi connectivity index (χ1n) is 6.44. The van der Waals surface area contributed by atoms with E-state index in [4.69, 9.17) is 14.3 Å². The molecule has 0 aromatic carbocycles. The summed E-state index contributed by atoms with van der Waals surface area (Å²) in [4.78, 5) is 3.77. The lowest BCUT2D eigenvalue weighted by atomic mass is 10.5. The van der Waals surface area contributed by atoms with E-state index in [1.165, 1.54) is 12.1 Å². The third-order valence-corrected chi connectivity index (χ3v) is 1.43. The first kappa shape index (κ1) is 3.64. The summed E-state index contributed by atoms with van der Waals surface area (Å²) in [6.07, 6.45) is 1.16. The van der Waals surface area contributed by atoms with Gasteiger partial charge in [0.15, 0.2) is 0 Å². The standard InChI is InChI=1S/C8H10BrNO2/c1-11-4-5-12-7-2-3-8(9)10-6-7/h2-3,6H,4-5H2,1H3/i1D3,4D2,5D2. The second-order valence-corrected chi connectivity index (χ2v) is 2.54. The van der Waals surface area contributed by atoms with Gasteiger partial charge in [-0.05, 0) is 28.1 Å². The normalized spacial score (nSPS) is 21.9.